The Bertz CT molecular complexity index is 672. The van der Waals surface area contributed by atoms with E-state index in [2.05, 4.69) is 10.3 Å². The maximum Gasteiger partial charge on any atom is 0.354 e. The zero-order valence-corrected chi connectivity index (χ0v) is 11.4. The fourth-order valence-corrected chi connectivity index (χ4v) is 1.73. The number of nitrogens with zero attached hydrogens (tertiary/aromatic N) is 1. The standard InChI is InChI=1S/C13H8Cl2N2O3/c14-9-3-2-8(5-10(9)15)17-12(18)7-1-4-11(13(19)20)16-6-7/h1-6H,(H,17,18)(H,19,20). The van der Waals surface area contributed by atoms with Crippen LogP contribution in [0.2, 0.25) is 10.0 Å². The number of benzene rings is 1. The molecule has 0 aliphatic rings. The zero-order valence-electron chi connectivity index (χ0n) is 9.93. The number of carboxylic acid groups (broad SMARTS) is 1. The molecule has 2 rings (SSSR count). The molecule has 0 fully saturated rings. The summed E-state index contributed by atoms with van der Waals surface area (Å²) < 4.78 is 0. The van der Waals surface area contributed by atoms with Crippen molar-refractivity contribution in [2.75, 3.05) is 5.32 Å². The number of rotatable bonds is 3. The molecule has 0 spiro atoms. The van der Waals surface area contributed by atoms with Crippen molar-refractivity contribution in [3.63, 3.8) is 0 Å². The molecule has 0 saturated carbocycles. The first-order chi connectivity index (χ1) is 9.47. The molecule has 0 atom stereocenters. The molecule has 0 bridgehead atoms. The molecule has 20 heavy (non-hydrogen) atoms. The molecule has 0 aliphatic heterocycles. The summed E-state index contributed by atoms with van der Waals surface area (Å²) in [6, 6.07) is 7.31. The summed E-state index contributed by atoms with van der Waals surface area (Å²) in [5, 5.41) is 12.0. The number of aromatic nitrogens is 1. The third-order valence-electron chi connectivity index (χ3n) is 2.42. The molecule has 2 aromatic rings. The zero-order chi connectivity index (χ0) is 14.7. The third-order valence-corrected chi connectivity index (χ3v) is 3.16. The summed E-state index contributed by atoms with van der Waals surface area (Å²) in [5.74, 6) is -1.57. The lowest BCUT2D eigenvalue weighted by Crippen LogP contribution is -2.13. The minimum Gasteiger partial charge on any atom is -0.477 e. The fraction of sp³-hybridized carbons (Fsp3) is 0. The normalized spacial score (nSPS) is 10.1. The highest BCUT2D eigenvalue weighted by Gasteiger charge is 2.10. The molecule has 0 unspecified atom stereocenters. The molecule has 2 N–H and O–H groups in total. The predicted octanol–water partition coefficient (Wildman–Crippen LogP) is 3.34. The number of nitrogens with one attached hydrogen (secondary N) is 1. The van der Waals surface area contributed by atoms with Crippen LogP contribution < -0.4 is 5.32 Å². The van der Waals surface area contributed by atoms with E-state index in [1.54, 1.807) is 12.1 Å². The Morgan fingerprint density at radius 2 is 1.85 bits per heavy atom. The number of carboxylic acids is 1. The number of pyridine rings is 1. The highest BCUT2D eigenvalue weighted by Crippen LogP contribution is 2.25. The average Bonchev–Trinajstić information content (AvgIpc) is 2.43. The topological polar surface area (TPSA) is 79.3 Å². The van der Waals surface area contributed by atoms with Gasteiger partial charge in [-0.25, -0.2) is 9.78 Å². The van der Waals surface area contributed by atoms with Crippen molar-refractivity contribution >= 4 is 40.8 Å². The van der Waals surface area contributed by atoms with Gasteiger partial charge in [-0.2, -0.15) is 0 Å². The Hall–Kier alpha value is -2.11. The van der Waals surface area contributed by atoms with Crippen molar-refractivity contribution < 1.29 is 14.7 Å². The van der Waals surface area contributed by atoms with Gasteiger partial charge in [0.15, 0.2) is 0 Å². The van der Waals surface area contributed by atoms with E-state index in [4.69, 9.17) is 28.3 Å². The van der Waals surface area contributed by atoms with Crippen molar-refractivity contribution in [1.82, 2.24) is 4.98 Å². The molecule has 1 aromatic heterocycles. The van der Waals surface area contributed by atoms with Gasteiger partial charge in [-0.15, -0.1) is 0 Å². The van der Waals surface area contributed by atoms with Gasteiger partial charge in [0, 0.05) is 11.9 Å². The maximum absolute atomic E-state index is 11.9. The van der Waals surface area contributed by atoms with Crippen LogP contribution in [0.3, 0.4) is 0 Å². The van der Waals surface area contributed by atoms with Crippen molar-refractivity contribution in [1.29, 1.82) is 0 Å². The number of hydrogen-bond donors (Lipinski definition) is 2. The number of anilines is 1. The molecule has 102 valence electrons. The average molecular weight is 311 g/mol. The van der Waals surface area contributed by atoms with Gasteiger partial charge in [-0.1, -0.05) is 23.2 Å². The number of hydrogen-bond acceptors (Lipinski definition) is 3. The first-order valence-corrected chi connectivity index (χ1v) is 6.18. The van der Waals surface area contributed by atoms with E-state index in [1.807, 2.05) is 0 Å². The Morgan fingerprint density at radius 1 is 1.10 bits per heavy atom. The second-order valence-corrected chi connectivity index (χ2v) is 4.63. The third kappa shape index (κ3) is 3.26. The molecule has 1 aromatic carbocycles. The summed E-state index contributed by atoms with van der Waals surface area (Å²) in [5.41, 5.74) is 0.587. The maximum atomic E-state index is 11.9. The first kappa shape index (κ1) is 14.3. The molecule has 0 saturated heterocycles. The SMILES string of the molecule is O=C(Nc1ccc(Cl)c(Cl)c1)c1ccc(C(=O)O)nc1. The van der Waals surface area contributed by atoms with Crippen LogP contribution in [-0.2, 0) is 0 Å². The van der Waals surface area contributed by atoms with Crippen LogP contribution in [0.1, 0.15) is 20.8 Å². The van der Waals surface area contributed by atoms with E-state index >= 15 is 0 Å². The van der Waals surface area contributed by atoms with E-state index < -0.39 is 11.9 Å². The van der Waals surface area contributed by atoms with Crippen molar-refractivity contribution in [3.8, 4) is 0 Å². The molecular weight excluding hydrogens is 303 g/mol. The van der Waals surface area contributed by atoms with Crippen LogP contribution in [0, 0.1) is 0 Å². The van der Waals surface area contributed by atoms with Crippen LogP contribution in [0.4, 0.5) is 5.69 Å². The van der Waals surface area contributed by atoms with Gasteiger partial charge in [-0.3, -0.25) is 4.79 Å². The highest BCUT2D eigenvalue weighted by atomic mass is 35.5. The van der Waals surface area contributed by atoms with Gasteiger partial charge in [0.05, 0.1) is 15.6 Å². The van der Waals surface area contributed by atoms with Crippen LogP contribution in [-0.4, -0.2) is 22.0 Å². The van der Waals surface area contributed by atoms with Crippen molar-refractivity contribution in [3.05, 3.63) is 57.8 Å². The van der Waals surface area contributed by atoms with E-state index in [0.29, 0.717) is 15.7 Å². The van der Waals surface area contributed by atoms with Crippen LogP contribution in [0.15, 0.2) is 36.5 Å². The quantitative estimate of drug-likeness (QED) is 0.911. The van der Waals surface area contributed by atoms with Crippen molar-refractivity contribution in [2.24, 2.45) is 0 Å². The van der Waals surface area contributed by atoms with Gasteiger partial charge < -0.3 is 10.4 Å². The van der Waals surface area contributed by atoms with Gasteiger partial charge in [0.25, 0.3) is 5.91 Å². The van der Waals surface area contributed by atoms with Gasteiger partial charge in [-0.05, 0) is 30.3 Å². The minimum atomic E-state index is -1.15. The lowest BCUT2D eigenvalue weighted by molar-refractivity contribution is 0.0690. The number of aromatic carboxylic acids is 1. The Kier molecular flexibility index (Phi) is 4.22. The predicted molar refractivity (Wildman–Crippen MR) is 75.6 cm³/mol. The van der Waals surface area contributed by atoms with Crippen LogP contribution in [0.25, 0.3) is 0 Å². The summed E-state index contributed by atoms with van der Waals surface area (Å²) in [6.45, 7) is 0. The Balaban J connectivity index is 2.15. The number of carbonyl (C=O) groups is 2. The summed E-state index contributed by atoms with van der Waals surface area (Å²) in [7, 11) is 0. The monoisotopic (exact) mass is 310 g/mol. The lowest BCUT2D eigenvalue weighted by Gasteiger charge is -2.06. The number of carbonyl (C=O) groups excluding carboxylic acids is 1. The highest BCUT2D eigenvalue weighted by molar-refractivity contribution is 6.42. The molecule has 7 heteroatoms. The van der Waals surface area contributed by atoms with E-state index in [0.717, 1.165) is 0 Å². The van der Waals surface area contributed by atoms with Crippen LogP contribution >= 0.6 is 23.2 Å². The van der Waals surface area contributed by atoms with Crippen molar-refractivity contribution in [2.45, 2.75) is 0 Å². The summed E-state index contributed by atoms with van der Waals surface area (Å²) in [6.07, 6.45) is 1.19. The molecule has 0 aliphatic carbocycles. The van der Waals surface area contributed by atoms with E-state index in [1.165, 1.54) is 24.4 Å². The molecule has 1 amide bonds. The van der Waals surface area contributed by atoms with Gasteiger partial charge in [0.2, 0.25) is 0 Å². The Morgan fingerprint density at radius 3 is 2.40 bits per heavy atom. The largest absolute Gasteiger partial charge is 0.477 e. The molecule has 5 nitrogen and oxygen atoms in total. The smallest absolute Gasteiger partial charge is 0.354 e. The Labute approximate surface area is 124 Å². The fourth-order valence-electron chi connectivity index (χ4n) is 1.43. The lowest BCUT2D eigenvalue weighted by atomic mass is 10.2. The molecule has 1 heterocycles. The van der Waals surface area contributed by atoms with E-state index in [9.17, 15) is 9.59 Å². The van der Waals surface area contributed by atoms with Gasteiger partial charge in [0.1, 0.15) is 5.69 Å². The summed E-state index contributed by atoms with van der Waals surface area (Å²) in [4.78, 5) is 26.2. The molecular formula is C13H8Cl2N2O3. The van der Waals surface area contributed by atoms with Gasteiger partial charge >= 0.3 is 5.97 Å². The second-order valence-electron chi connectivity index (χ2n) is 3.82. The minimum absolute atomic E-state index is 0.129. The number of amides is 1. The molecule has 0 radical (unpaired) electrons. The summed E-state index contributed by atoms with van der Waals surface area (Å²) >= 11 is 11.6. The van der Waals surface area contributed by atoms with E-state index in [-0.39, 0.29) is 11.3 Å². The first-order valence-electron chi connectivity index (χ1n) is 5.43. The second kappa shape index (κ2) is 5.90. The van der Waals surface area contributed by atoms with Crippen LogP contribution in [0.5, 0.6) is 0 Å². The number of halogens is 2.